The number of aryl methyl sites for hydroxylation is 1. The molecule has 0 aliphatic carbocycles. The first kappa shape index (κ1) is 8.14. The van der Waals surface area contributed by atoms with Crippen molar-refractivity contribution in [3.05, 3.63) is 12.2 Å². The maximum Gasteiger partial charge on any atom is 0.137 e. The molecule has 0 aromatic carbocycles. The first-order chi connectivity index (χ1) is 4.31. The molecule has 0 radical (unpaired) electrons. The van der Waals surface area contributed by atoms with E-state index in [-0.39, 0.29) is 0 Å². The molecule has 0 amide bonds. The van der Waals surface area contributed by atoms with Gasteiger partial charge in [-0.2, -0.15) is 5.10 Å². The molecule has 0 saturated heterocycles. The van der Waals surface area contributed by atoms with Crippen molar-refractivity contribution >= 4 is 0 Å². The molecule has 0 unspecified atom stereocenters. The van der Waals surface area contributed by atoms with Crippen LogP contribution in [0.5, 0.6) is 0 Å². The van der Waals surface area contributed by atoms with Crippen molar-refractivity contribution in [2.75, 3.05) is 0 Å². The average molecular weight is 127 g/mol. The van der Waals surface area contributed by atoms with Crippen molar-refractivity contribution in [3.8, 4) is 0 Å². The van der Waals surface area contributed by atoms with Crippen LogP contribution in [0.1, 0.15) is 26.1 Å². The molecule has 1 aromatic heterocycles. The van der Waals surface area contributed by atoms with Gasteiger partial charge in [0.25, 0.3) is 0 Å². The summed E-state index contributed by atoms with van der Waals surface area (Å²) >= 11 is 0. The van der Waals surface area contributed by atoms with Crippen LogP contribution < -0.4 is 0 Å². The van der Waals surface area contributed by atoms with Crippen LogP contribution in [0.3, 0.4) is 0 Å². The third-order valence-corrected chi connectivity index (χ3v) is 0.535. The second-order valence-corrected chi connectivity index (χ2v) is 1.78. The van der Waals surface area contributed by atoms with Crippen molar-refractivity contribution in [3.63, 3.8) is 0 Å². The van der Waals surface area contributed by atoms with E-state index in [1.54, 1.807) is 0 Å². The quantitative estimate of drug-likeness (QED) is 0.574. The predicted octanol–water partition coefficient (Wildman–Crippen LogP) is 1.53. The lowest BCUT2D eigenvalue weighted by Crippen LogP contribution is -1.68. The number of aromatic nitrogens is 3. The van der Waals surface area contributed by atoms with Crippen molar-refractivity contribution in [2.24, 2.45) is 0 Å². The number of nitrogens with zero attached hydrogens (tertiary/aromatic N) is 2. The highest BCUT2D eigenvalue weighted by Gasteiger charge is 1.75. The average Bonchev–Trinajstić information content (AvgIpc) is 2.20. The Bertz CT molecular complexity index is 123. The van der Waals surface area contributed by atoms with E-state index in [4.69, 9.17) is 0 Å². The minimum atomic E-state index is 0.856. The lowest BCUT2D eigenvalue weighted by atomic mass is 10.6. The molecule has 0 saturated carbocycles. The summed E-state index contributed by atoms with van der Waals surface area (Å²) in [4.78, 5) is 3.75. The fraction of sp³-hybridized carbons (Fsp3) is 0.667. The monoisotopic (exact) mass is 127 g/mol. The summed E-state index contributed by atoms with van der Waals surface area (Å²) in [6, 6.07) is 0. The van der Waals surface area contributed by atoms with Crippen LogP contribution in [0.2, 0.25) is 0 Å². The summed E-state index contributed by atoms with van der Waals surface area (Å²) < 4.78 is 0. The van der Waals surface area contributed by atoms with E-state index >= 15 is 0 Å². The Morgan fingerprint density at radius 2 is 2.11 bits per heavy atom. The van der Waals surface area contributed by atoms with Crippen molar-refractivity contribution in [1.29, 1.82) is 0 Å². The van der Waals surface area contributed by atoms with Crippen LogP contribution in [-0.2, 0) is 0 Å². The standard InChI is InChI=1S/C3H5N3.C3H8/c1-3-4-2-5-6-3;1-3-2/h2H,1H3,(H,4,5,6);3H2,1-2H3. The smallest absolute Gasteiger partial charge is 0.137 e. The van der Waals surface area contributed by atoms with E-state index in [1.165, 1.54) is 12.7 Å². The van der Waals surface area contributed by atoms with Crippen LogP contribution in [0.15, 0.2) is 6.33 Å². The van der Waals surface area contributed by atoms with Crippen molar-refractivity contribution in [1.82, 2.24) is 15.2 Å². The van der Waals surface area contributed by atoms with Crippen LogP contribution in [0.25, 0.3) is 0 Å². The lowest BCUT2D eigenvalue weighted by Gasteiger charge is -1.66. The topological polar surface area (TPSA) is 41.6 Å². The Hall–Kier alpha value is -0.860. The number of hydrogen-bond acceptors (Lipinski definition) is 2. The Morgan fingerprint density at radius 1 is 1.56 bits per heavy atom. The first-order valence-corrected chi connectivity index (χ1v) is 3.13. The largest absolute Gasteiger partial charge is 0.264 e. The van der Waals surface area contributed by atoms with E-state index in [2.05, 4.69) is 29.0 Å². The predicted molar refractivity (Wildman–Crippen MR) is 37.1 cm³/mol. The highest BCUT2D eigenvalue weighted by atomic mass is 15.2. The second kappa shape index (κ2) is 5.28. The molecule has 0 aliphatic rings. The summed E-state index contributed by atoms with van der Waals surface area (Å²) in [5, 5.41) is 6.22. The zero-order valence-electron chi connectivity index (χ0n) is 6.18. The molecule has 1 rings (SSSR count). The molecule has 9 heavy (non-hydrogen) atoms. The highest BCUT2D eigenvalue weighted by Crippen LogP contribution is 1.73. The minimum Gasteiger partial charge on any atom is -0.264 e. The lowest BCUT2D eigenvalue weighted by molar-refractivity contribution is 1.04. The molecule has 0 fully saturated rings. The van der Waals surface area contributed by atoms with Gasteiger partial charge in [-0.05, 0) is 6.92 Å². The van der Waals surface area contributed by atoms with E-state index in [1.807, 2.05) is 6.92 Å². The van der Waals surface area contributed by atoms with Crippen molar-refractivity contribution < 1.29 is 0 Å². The Balaban J connectivity index is 0.000000187. The normalized spacial score (nSPS) is 7.89. The zero-order valence-corrected chi connectivity index (χ0v) is 6.18. The molecule has 0 atom stereocenters. The van der Waals surface area contributed by atoms with Crippen LogP contribution in [0, 0.1) is 6.92 Å². The van der Waals surface area contributed by atoms with Gasteiger partial charge in [-0.15, -0.1) is 0 Å². The molecule has 52 valence electrons. The summed E-state index contributed by atoms with van der Waals surface area (Å²) in [7, 11) is 0. The third-order valence-electron chi connectivity index (χ3n) is 0.535. The minimum absolute atomic E-state index is 0.856. The molecule has 3 heteroatoms. The highest BCUT2D eigenvalue weighted by molar-refractivity contribution is 4.70. The van der Waals surface area contributed by atoms with Crippen LogP contribution in [0.4, 0.5) is 0 Å². The first-order valence-electron chi connectivity index (χ1n) is 3.13. The maximum absolute atomic E-state index is 3.75. The van der Waals surface area contributed by atoms with E-state index < -0.39 is 0 Å². The molecule has 0 spiro atoms. The Kier molecular flexibility index (Phi) is 4.78. The van der Waals surface area contributed by atoms with Crippen molar-refractivity contribution in [2.45, 2.75) is 27.2 Å². The van der Waals surface area contributed by atoms with Gasteiger partial charge in [-0.25, -0.2) is 4.98 Å². The van der Waals surface area contributed by atoms with Gasteiger partial charge < -0.3 is 0 Å². The Morgan fingerprint density at radius 3 is 2.22 bits per heavy atom. The molecule has 1 N–H and O–H groups in total. The SMILES string of the molecule is CCC.Cc1ncn[nH]1. The molecule has 3 nitrogen and oxygen atoms in total. The van der Waals surface area contributed by atoms with E-state index in [0.29, 0.717) is 0 Å². The molecular formula is C6H13N3. The van der Waals surface area contributed by atoms with Crippen LogP contribution >= 0.6 is 0 Å². The van der Waals surface area contributed by atoms with E-state index in [0.717, 1.165) is 5.82 Å². The van der Waals surface area contributed by atoms with Gasteiger partial charge in [0, 0.05) is 0 Å². The Labute approximate surface area is 55.5 Å². The molecule has 0 bridgehead atoms. The molecule has 0 aliphatic heterocycles. The van der Waals surface area contributed by atoms with Gasteiger partial charge in [0.2, 0.25) is 0 Å². The molecule has 1 heterocycles. The number of nitrogens with one attached hydrogen (secondary N) is 1. The van der Waals surface area contributed by atoms with Gasteiger partial charge in [0.05, 0.1) is 0 Å². The maximum atomic E-state index is 3.75. The summed E-state index contributed by atoms with van der Waals surface area (Å²) in [6.07, 6.45) is 2.73. The number of aromatic amines is 1. The molecular weight excluding hydrogens is 114 g/mol. The number of H-pyrrole nitrogens is 1. The van der Waals surface area contributed by atoms with Gasteiger partial charge in [0.15, 0.2) is 0 Å². The fourth-order valence-electron chi connectivity index (χ4n) is 0.267. The summed E-state index contributed by atoms with van der Waals surface area (Å²) in [5.41, 5.74) is 0. The van der Waals surface area contributed by atoms with Gasteiger partial charge in [-0.3, -0.25) is 5.10 Å². The van der Waals surface area contributed by atoms with Gasteiger partial charge in [-0.1, -0.05) is 20.3 Å². The van der Waals surface area contributed by atoms with E-state index in [9.17, 15) is 0 Å². The van der Waals surface area contributed by atoms with Gasteiger partial charge in [0.1, 0.15) is 12.2 Å². The number of hydrogen-bond donors (Lipinski definition) is 1. The molecule has 1 aromatic rings. The number of rotatable bonds is 0. The summed E-state index contributed by atoms with van der Waals surface area (Å²) in [6.45, 7) is 6.10. The summed E-state index contributed by atoms with van der Waals surface area (Å²) in [5.74, 6) is 0.856. The third kappa shape index (κ3) is 5.00. The van der Waals surface area contributed by atoms with Crippen LogP contribution in [-0.4, -0.2) is 15.2 Å². The fourth-order valence-corrected chi connectivity index (χ4v) is 0.267. The zero-order chi connectivity index (χ0) is 7.11. The second-order valence-electron chi connectivity index (χ2n) is 1.78. The van der Waals surface area contributed by atoms with Gasteiger partial charge >= 0.3 is 0 Å².